The molecule has 1 N–H and O–H groups in total. The van der Waals surface area contributed by atoms with Crippen LogP contribution in [0.25, 0.3) is 10.2 Å². The molecule has 52 valence electrons. The number of thiophene rings is 1. The Morgan fingerprint density at radius 3 is 3.20 bits per heavy atom. The normalized spacial score (nSPS) is 11.0. The fourth-order valence-corrected chi connectivity index (χ4v) is 2.37. The molecule has 0 atom stereocenters. The number of halogens is 1. The molecule has 0 aliphatic heterocycles. The molecule has 0 bridgehead atoms. The first-order valence-electron chi connectivity index (χ1n) is 2.87. The second-order valence-corrected chi connectivity index (χ2v) is 4.54. The molecule has 10 heavy (non-hydrogen) atoms. The van der Waals surface area contributed by atoms with Gasteiger partial charge in [-0.25, -0.2) is 0 Å². The number of hydrogen-bond donors (Lipinski definition) is 1. The monoisotopic (exact) mass is 216 g/mol. The summed E-state index contributed by atoms with van der Waals surface area (Å²) in [5, 5.41) is 7.02. The predicted octanol–water partition coefficient (Wildman–Crippen LogP) is 2.70. The van der Waals surface area contributed by atoms with Gasteiger partial charge in [0, 0.05) is 5.69 Å². The number of aryl methyl sites for hydroxylation is 1. The lowest BCUT2D eigenvalue weighted by Gasteiger charge is -1.77. The highest BCUT2D eigenvalue weighted by Gasteiger charge is 2.03. The lowest BCUT2D eigenvalue weighted by Crippen LogP contribution is -1.67. The van der Waals surface area contributed by atoms with Crippen LogP contribution in [0, 0.1) is 6.92 Å². The van der Waals surface area contributed by atoms with Crippen LogP contribution in [0.2, 0.25) is 0 Å². The summed E-state index contributed by atoms with van der Waals surface area (Å²) in [6.07, 6.45) is 0. The molecule has 4 heteroatoms. The summed E-state index contributed by atoms with van der Waals surface area (Å²) in [6, 6.07) is 2.02. The summed E-state index contributed by atoms with van der Waals surface area (Å²) in [5.74, 6) is 0. The molecule has 0 aromatic carbocycles. The number of H-pyrrole nitrogens is 1. The number of rotatable bonds is 0. The zero-order valence-electron chi connectivity index (χ0n) is 5.31. The second-order valence-electron chi connectivity index (χ2n) is 2.11. The van der Waals surface area contributed by atoms with Crippen molar-refractivity contribution in [1.82, 2.24) is 10.2 Å². The second kappa shape index (κ2) is 2.07. The lowest BCUT2D eigenvalue weighted by molar-refractivity contribution is 1.07. The van der Waals surface area contributed by atoms with Gasteiger partial charge in [0.2, 0.25) is 0 Å². The van der Waals surface area contributed by atoms with Crippen molar-refractivity contribution in [3.05, 3.63) is 15.5 Å². The highest BCUT2D eigenvalue weighted by molar-refractivity contribution is 9.11. The molecule has 0 saturated heterocycles. The van der Waals surface area contributed by atoms with E-state index in [1.54, 1.807) is 11.3 Å². The van der Waals surface area contributed by atoms with Crippen LogP contribution < -0.4 is 0 Å². The number of aromatic amines is 1. The van der Waals surface area contributed by atoms with Crippen molar-refractivity contribution in [3.8, 4) is 0 Å². The van der Waals surface area contributed by atoms with Crippen LogP contribution in [0.1, 0.15) is 5.69 Å². The van der Waals surface area contributed by atoms with Gasteiger partial charge in [0.25, 0.3) is 0 Å². The quantitative estimate of drug-likeness (QED) is 0.722. The van der Waals surface area contributed by atoms with Crippen molar-refractivity contribution in [2.45, 2.75) is 6.92 Å². The van der Waals surface area contributed by atoms with Crippen LogP contribution in [0.3, 0.4) is 0 Å². The highest BCUT2D eigenvalue weighted by Crippen LogP contribution is 2.29. The van der Waals surface area contributed by atoms with Crippen LogP contribution in [0.15, 0.2) is 9.85 Å². The Morgan fingerprint density at radius 1 is 1.70 bits per heavy atom. The van der Waals surface area contributed by atoms with Gasteiger partial charge in [-0.05, 0) is 28.9 Å². The summed E-state index contributed by atoms with van der Waals surface area (Å²) >= 11 is 5.11. The number of fused-ring (bicyclic) bond motifs is 1. The summed E-state index contributed by atoms with van der Waals surface area (Å²) in [5.41, 5.74) is 2.19. The minimum atomic E-state index is 1.05. The van der Waals surface area contributed by atoms with Crippen molar-refractivity contribution in [3.63, 3.8) is 0 Å². The van der Waals surface area contributed by atoms with E-state index in [-0.39, 0.29) is 0 Å². The van der Waals surface area contributed by atoms with E-state index < -0.39 is 0 Å². The van der Waals surface area contributed by atoms with Gasteiger partial charge < -0.3 is 0 Å². The molecule has 2 aromatic rings. The van der Waals surface area contributed by atoms with E-state index in [1.807, 2.05) is 13.0 Å². The maximum Gasteiger partial charge on any atom is 0.104 e. The van der Waals surface area contributed by atoms with Crippen molar-refractivity contribution >= 4 is 37.5 Å². The summed E-state index contributed by atoms with van der Waals surface area (Å²) in [7, 11) is 0. The summed E-state index contributed by atoms with van der Waals surface area (Å²) < 4.78 is 2.38. The van der Waals surface area contributed by atoms with Crippen LogP contribution in [-0.2, 0) is 0 Å². The smallest absolute Gasteiger partial charge is 0.104 e. The maximum absolute atomic E-state index is 4.09. The van der Waals surface area contributed by atoms with Gasteiger partial charge in [-0.2, -0.15) is 5.10 Å². The molecule has 0 amide bonds. The summed E-state index contributed by atoms with van der Waals surface area (Å²) in [4.78, 5) is 0. The molecular weight excluding hydrogens is 212 g/mol. The van der Waals surface area contributed by atoms with Gasteiger partial charge in [-0.15, -0.1) is 11.3 Å². The Hall–Kier alpha value is -0.350. The van der Waals surface area contributed by atoms with Crippen molar-refractivity contribution < 1.29 is 0 Å². The molecule has 2 rings (SSSR count). The standard InChI is InChI=1S/C6H5BrN2S/c1-3-6-4(9-8-3)2-5(7)10-6/h2H,1H3,(H,8,9). The fraction of sp³-hybridized carbons (Fsp3) is 0.167. The molecule has 2 aromatic heterocycles. The SMILES string of the molecule is Cc1[nH]nc2cc(Br)sc12. The number of nitrogens with one attached hydrogen (secondary N) is 1. The Kier molecular flexibility index (Phi) is 1.32. The van der Waals surface area contributed by atoms with E-state index >= 15 is 0 Å². The average Bonchev–Trinajstić information content (AvgIpc) is 2.35. The predicted molar refractivity (Wildman–Crippen MR) is 46.4 cm³/mol. The topological polar surface area (TPSA) is 28.7 Å². The van der Waals surface area contributed by atoms with E-state index in [0.29, 0.717) is 0 Å². The number of nitrogens with zero attached hydrogens (tertiary/aromatic N) is 1. The molecule has 0 saturated carbocycles. The van der Waals surface area contributed by atoms with Crippen LogP contribution >= 0.6 is 27.3 Å². The minimum Gasteiger partial charge on any atom is -0.281 e. The average molecular weight is 217 g/mol. The highest BCUT2D eigenvalue weighted by atomic mass is 79.9. The lowest BCUT2D eigenvalue weighted by atomic mass is 10.4. The molecule has 2 heterocycles. The van der Waals surface area contributed by atoms with Crippen LogP contribution in [-0.4, -0.2) is 10.2 Å². The van der Waals surface area contributed by atoms with E-state index in [9.17, 15) is 0 Å². The largest absolute Gasteiger partial charge is 0.281 e. The van der Waals surface area contributed by atoms with Crippen molar-refractivity contribution in [1.29, 1.82) is 0 Å². The molecule has 0 spiro atoms. The van der Waals surface area contributed by atoms with Gasteiger partial charge >= 0.3 is 0 Å². The molecule has 0 radical (unpaired) electrons. The molecule has 0 aliphatic rings. The fourth-order valence-electron chi connectivity index (χ4n) is 0.899. The van der Waals surface area contributed by atoms with Gasteiger partial charge in [0.05, 0.1) is 8.49 Å². The Morgan fingerprint density at radius 2 is 2.50 bits per heavy atom. The first kappa shape index (κ1) is 6.37. The first-order chi connectivity index (χ1) is 4.77. The van der Waals surface area contributed by atoms with E-state index in [0.717, 1.165) is 15.0 Å². The number of aromatic nitrogens is 2. The van der Waals surface area contributed by atoms with Crippen molar-refractivity contribution in [2.24, 2.45) is 0 Å². The molecule has 0 fully saturated rings. The van der Waals surface area contributed by atoms with E-state index in [2.05, 4.69) is 26.1 Å². The first-order valence-corrected chi connectivity index (χ1v) is 4.48. The van der Waals surface area contributed by atoms with E-state index in [4.69, 9.17) is 0 Å². The zero-order chi connectivity index (χ0) is 7.14. The minimum absolute atomic E-state index is 1.05. The Labute approximate surface area is 70.4 Å². The Balaban J connectivity index is 2.90. The third kappa shape index (κ3) is 0.793. The van der Waals surface area contributed by atoms with Gasteiger partial charge in [-0.3, -0.25) is 5.10 Å². The molecule has 0 unspecified atom stereocenters. The van der Waals surface area contributed by atoms with Gasteiger partial charge in [-0.1, -0.05) is 0 Å². The van der Waals surface area contributed by atoms with Gasteiger partial charge in [0.1, 0.15) is 5.52 Å². The Bertz CT molecular complexity index is 363. The van der Waals surface area contributed by atoms with E-state index in [1.165, 1.54) is 4.70 Å². The zero-order valence-corrected chi connectivity index (χ0v) is 7.71. The molecule has 0 aliphatic carbocycles. The summed E-state index contributed by atoms with van der Waals surface area (Å²) in [6.45, 7) is 2.03. The molecular formula is C6H5BrN2S. The maximum atomic E-state index is 4.09. The number of hydrogen-bond acceptors (Lipinski definition) is 2. The van der Waals surface area contributed by atoms with Crippen molar-refractivity contribution in [2.75, 3.05) is 0 Å². The van der Waals surface area contributed by atoms with Gasteiger partial charge in [0.15, 0.2) is 0 Å². The van der Waals surface area contributed by atoms with Crippen LogP contribution in [0.4, 0.5) is 0 Å². The molecule has 2 nitrogen and oxygen atoms in total. The third-order valence-electron chi connectivity index (χ3n) is 1.37. The van der Waals surface area contributed by atoms with Crippen LogP contribution in [0.5, 0.6) is 0 Å². The third-order valence-corrected chi connectivity index (χ3v) is 3.11.